The molecule has 0 spiro atoms. The van der Waals surface area contributed by atoms with Crippen molar-refractivity contribution >= 4 is 38.9 Å². The number of non-ortho nitro benzene ring substituents is 1. The van der Waals surface area contributed by atoms with Crippen molar-refractivity contribution in [3.05, 3.63) is 100 Å². The van der Waals surface area contributed by atoms with Crippen LogP contribution >= 0.6 is 0 Å². The molecule has 0 aromatic heterocycles. The molecular weight excluding hydrogens is 336 g/mol. The van der Waals surface area contributed by atoms with Gasteiger partial charge in [-0.05, 0) is 44.8 Å². The van der Waals surface area contributed by atoms with Crippen LogP contribution in [0, 0.1) is 21.4 Å². The van der Waals surface area contributed by atoms with E-state index < -0.39 is 4.92 Å². The molecule has 0 bridgehead atoms. The molecule has 4 aromatic rings. The number of hydrogen-bond acceptors (Lipinski definition) is 3. The molecular formula is C23H14N2O2. The number of hydrogen-bond donors (Lipinski definition) is 0. The Bertz CT molecular complexity index is 1210. The van der Waals surface area contributed by atoms with Crippen LogP contribution in [0.5, 0.6) is 0 Å². The summed E-state index contributed by atoms with van der Waals surface area (Å²) in [5.41, 5.74) is 1.83. The molecule has 0 amide bonds. The minimum absolute atomic E-state index is 0.0311. The van der Waals surface area contributed by atoms with E-state index in [4.69, 9.17) is 0 Å². The number of nitro groups is 1. The summed E-state index contributed by atoms with van der Waals surface area (Å²) in [5, 5.41) is 25.0. The molecule has 0 saturated carbocycles. The number of allylic oxidation sites excluding steroid dienone is 1. The van der Waals surface area contributed by atoms with Gasteiger partial charge in [0, 0.05) is 12.1 Å². The van der Waals surface area contributed by atoms with Crippen molar-refractivity contribution in [2.24, 2.45) is 0 Å². The SMILES string of the molecule is N#C/C(=C/c1c2ccccc2cc2ccccc12)c1cccc([N+](=O)[O-])c1. The highest BCUT2D eigenvalue weighted by Crippen LogP contribution is 2.32. The summed E-state index contributed by atoms with van der Waals surface area (Å²) in [5.74, 6) is 0. The second-order valence-electron chi connectivity index (χ2n) is 6.21. The van der Waals surface area contributed by atoms with Crippen molar-refractivity contribution in [1.29, 1.82) is 5.26 Å². The van der Waals surface area contributed by atoms with Crippen LogP contribution in [0.2, 0.25) is 0 Å². The van der Waals surface area contributed by atoms with E-state index in [1.807, 2.05) is 54.6 Å². The average Bonchev–Trinajstić information content (AvgIpc) is 2.71. The number of rotatable bonds is 3. The zero-order valence-corrected chi connectivity index (χ0v) is 14.3. The zero-order chi connectivity index (χ0) is 18.8. The maximum absolute atomic E-state index is 11.1. The maximum Gasteiger partial charge on any atom is 0.270 e. The number of benzene rings is 4. The van der Waals surface area contributed by atoms with Gasteiger partial charge < -0.3 is 0 Å². The van der Waals surface area contributed by atoms with Crippen molar-refractivity contribution in [3.63, 3.8) is 0 Å². The third-order valence-electron chi connectivity index (χ3n) is 4.59. The minimum atomic E-state index is -0.453. The van der Waals surface area contributed by atoms with Gasteiger partial charge in [0.05, 0.1) is 16.6 Å². The Morgan fingerprint density at radius 1 is 0.889 bits per heavy atom. The van der Waals surface area contributed by atoms with Crippen molar-refractivity contribution in [2.75, 3.05) is 0 Å². The topological polar surface area (TPSA) is 66.9 Å². The highest BCUT2D eigenvalue weighted by Gasteiger charge is 2.11. The fraction of sp³-hybridized carbons (Fsp3) is 0. The second kappa shape index (κ2) is 6.74. The van der Waals surface area contributed by atoms with Gasteiger partial charge in [0.1, 0.15) is 0 Å². The molecule has 0 unspecified atom stereocenters. The number of nitro benzene ring substituents is 1. The Balaban J connectivity index is 2.01. The Kier molecular flexibility index (Phi) is 4.12. The number of nitriles is 1. The van der Waals surface area contributed by atoms with Crippen molar-refractivity contribution in [3.8, 4) is 6.07 Å². The molecule has 4 rings (SSSR count). The standard InChI is InChI=1S/C23H14N2O2/c24-15-19(16-8-5-9-20(13-16)25(26)27)14-23-21-10-3-1-6-17(21)12-18-7-2-4-11-22(18)23/h1-14H/b19-14-. The third-order valence-corrected chi connectivity index (χ3v) is 4.59. The smallest absolute Gasteiger partial charge is 0.258 e. The van der Waals surface area contributed by atoms with E-state index >= 15 is 0 Å². The Morgan fingerprint density at radius 2 is 1.52 bits per heavy atom. The maximum atomic E-state index is 11.1. The predicted octanol–water partition coefficient (Wildman–Crippen LogP) is 5.97. The van der Waals surface area contributed by atoms with Crippen LogP contribution in [-0.2, 0) is 0 Å². The quantitative estimate of drug-likeness (QED) is 0.150. The summed E-state index contributed by atoms with van der Waals surface area (Å²) in [6.07, 6.45) is 1.82. The van der Waals surface area contributed by atoms with Crippen LogP contribution in [0.1, 0.15) is 11.1 Å². The van der Waals surface area contributed by atoms with Crippen LogP contribution in [0.15, 0.2) is 78.9 Å². The monoisotopic (exact) mass is 350 g/mol. The van der Waals surface area contributed by atoms with Gasteiger partial charge in [-0.15, -0.1) is 0 Å². The van der Waals surface area contributed by atoms with E-state index in [1.165, 1.54) is 12.1 Å². The Hall–Kier alpha value is -3.97. The lowest BCUT2D eigenvalue weighted by Gasteiger charge is -2.09. The van der Waals surface area contributed by atoms with E-state index in [2.05, 4.69) is 12.1 Å². The van der Waals surface area contributed by atoms with E-state index in [0.29, 0.717) is 11.1 Å². The van der Waals surface area contributed by atoms with Crippen molar-refractivity contribution in [2.45, 2.75) is 0 Å². The van der Waals surface area contributed by atoms with Gasteiger partial charge in [0.15, 0.2) is 0 Å². The number of fused-ring (bicyclic) bond motifs is 2. The molecule has 0 N–H and O–H groups in total. The van der Waals surface area contributed by atoms with Crippen molar-refractivity contribution < 1.29 is 4.92 Å². The fourth-order valence-corrected chi connectivity index (χ4v) is 3.32. The molecule has 128 valence electrons. The van der Waals surface area contributed by atoms with Gasteiger partial charge in [-0.1, -0.05) is 60.7 Å². The van der Waals surface area contributed by atoms with Gasteiger partial charge in [-0.3, -0.25) is 10.1 Å². The molecule has 0 heterocycles. The third kappa shape index (κ3) is 3.03. The predicted molar refractivity (Wildman–Crippen MR) is 108 cm³/mol. The normalized spacial score (nSPS) is 11.4. The summed E-state index contributed by atoms with van der Waals surface area (Å²) in [7, 11) is 0. The lowest BCUT2D eigenvalue weighted by atomic mass is 9.94. The van der Waals surface area contributed by atoms with E-state index in [1.54, 1.807) is 12.1 Å². The largest absolute Gasteiger partial charge is 0.270 e. The van der Waals surface area contributed by atoms with Crippen LogP contribution in [0.25, 0.3) is 33.2 Å². The summed E-state index contributed by atoms with van der Waals surface area (Å²) in [4.78, 5) is 10.6. The molecule has 0 aliphatic heterocycles. The van der Waals surface area contributed by atoms with Gasteiger partial charge in [0.25, 0.3) is 5.69 Å². The van der Waals surface area contributed by atoms with Crippen molar-refractivity contribution in [1.82, 2.24) is 0 Å². The molecule has 4 aromatic carbocycles. The minimum Gasteiger partial charge on any atom is -0.258 e. The molecule has 0 atom stereocenters. The fourth-order valence-electron chi connectivity index (χ4n) is 3.32. The molecule has 0 saturated heterocycles. The molecule has 0 aliphatic rings. The lowest BCUT2D eigenvalue weighted by Crippen LogP contribution is -1.90. The number of nitrogens with zero attached hydrogens (tertiary/aromatic N) is 2. The molecule has 0 fully saturated rings. The van der Waals surface area contributed by atoms with Crippen LogP contribution in [0.4, 0.5) is 5.69 Å². The van der Waals surface area contributed by atoms with Gasteiger partial charge in [0.2, 0.25) is 0 Å². The van der Waals surface area contributed by atoms with E-state index in [9.17, 15) is 15.4 Å². The van der Waals surface area contributed by atoms with E-state index in [0.717, 1.165) is 27.1 Å². The highest BCUT2D eigenvalue weighted by atomic mass is 16.6. The first-order valence-electron chi connectivity index (χ1n) is 8.44. The molecule has 27 heavy (non-hydrogen) atoms. The molecule has 0 radical (unpaired) electrons. The Labute approximate surface area is 155 Å². The van der Waals surface area contributed by atoms with Crippen LogP contribution in [0.3, 0.4) is 0 Å². The van der Waals surface area contributed by atoms with E-state index in [-0.39, 0.29) is 5.69 Å². The van der Waals surface area contributed by atoms with Crippen LogP contribution in [-0.4, -0.2) is 4.92 Å². The van der Waals surface area contributed by atoms with Crippen LogP contribution < -0.4 is 0 Å². The summed E-state index contributed by atoms with van der Waals surface area (Å²) >= 11 is 0. The van der Waals surface area contributed by atoms with Gasteiger partial charge in [-0.2, -0.15) is 5.26 Å². The second-order valence-corrected chi connectivity index (χ2v) is 6.21. The summed E-state index contributed by atoms with van der Waals surface area (Å²) in [6, 6.07) is 26.5. The first-order valence-corrected chi connectivity index (χ1v) is 8.44. The summed E-state index contributed by atoms with van der Waals surface area (Å²) in [6.45, 7) is 0. The summed E-state index contributed by atoms with van der Waals surface area (Å²) < 4.78 is 0. The Morgan fingerprint density at radius 3 is 2.11 bits per heavy atom. The van der Waals surface area contributed by atoms with Gasteiger partial charge in [-0.25, -0.2) is 0 Å². The highest BCUT2D eigenvalue weighted by molar-refractivity contribution is 6.10. The first kappa shape index (κ1) is 16.5. The zero-order valence-electron chi connectivity index (χ0n) is 14.3. The van der Waals surface area contributed by atoms with Gasteiger partial charge >= 0.3 is 0 Å². The first-order chi connectivity index (χ1) is 13.2. The molecule has 4 heteroatoms. The molecule has 4 nitrogen and oxygen atoms in total. The molecule has 0 aliphatic carbocycles. The lowest BCUT2D eigenvalue weighted by molar-refractivity contribution is -0.384. The average molecular weight is 350 g/mol.